The molecule has 22 heavy (non-hydrogen) atoms. The minimum absolute atomic E-state index is 0.0525. The highest BCUT2D eigenvalue weighted by Gasteiger charge is 2.34. The molecule has 0 saturated carbocycles. The van der Waals surface area contributed by atoms with Crippen LogP contribution < -0.4 is 11.1 Å². The molecule has 1 aromatic carbocycles. The van der Waals surface area contributed by atoms with Gasteiger partial charge in [-0.2, -0.15) is 0 Å². The first-order valence-corrected chi connectivity index (χ1v) is 8.47. The lowest BCUT2D eigenvalue weighted by Crippen LogP contribution is -2.32. The van der Waals surface area contributed by atoms with Crippen molar-refractivity contribution in [2.75, 3.05) is 13.1 Å². The summed E-state index contributed by atoms with van der Waals surface area (Å²) in [5, 5.41) is 13.3. The molecule has 6 heteroatoms. The van der Waals surface area contributed by atoms with Gasteiger partial charge in [0.25, 0.3) is 0 Å². The Labute approximate surface area is 135 Å². The van der Waals surface area contributed by atoms with Gasteiger partial charge in [-0.3, -0.25) is 10.4 Å². The fraction of sp³-hybridized carbons (Fsp3) is 0.375. The second-order valence-corrected chi connectivity index (χ2v) is 6.31. The highest BCUT2D eigenvalue weighted by Crippen LogP contribution is 2.38. The molecule has 2 aliphatic heterocycles. The summed E-state index contributed by atoms with van der Waals surface area (Å²) in [5.41, 5.74) is 7.81. The van der Waals surface area contributed by atoms with Gasteiger partial charge < -0.3 is 16.0 Å². The zero-order chi connectivity index (χ0) is 15.4. The normalized spacial score (nSPS) is 19.6. The molecule has 0 bridgehead atoms. The predicted molar refractivity (Wildman–Crippen MR) is 93.7 cm³/mol. The molecule has 5 nitrogen and oxygen atoms in total. The summed E-state index contributed by atoms with van der Waals surface area (Å²) >= 11 is 1.72. The highest BCUT2D eigenvalue weighted by atomic mass is 32.2. The molecule has 0 aliphatic carbocycles. The van der Waals surface area contributed by atoms with Crippen molar-refractivity contribution >= 4 is 28.6 Å². The molecule has 0 spiro atoms. The predicted octanol–water partition coefficient (Wildman–Crippen LogP) is 2.43. The summed E-state index contributed by atoms with van der Waals surface area (Å²) in [7, 11) is 0. The molecule has 4 N–H and O–H groups in total. The van der Waals surface area contributed by atoms with Crippen LogP contribution in [-0.4, -0.2) is 35.2 Å². The average Bonchev–Trinajstić information content (AvgIpc) is 3.10. The summed E-state index contributed by atoms with van der Waals surface area (Å²) in [6.45, 7) is 1.65. The molecule has 0 unspecified atom stereocenters. The highest BCUT2D eigenvalue weighted by molar-refractivity contribution is 8.16. The van der Waals surface area contributed by atoms with Crippen LogP contribution in [0.3, 0.4) is 0 Å². The van der Waals surface area contributed by atoms with E-state index in [9.17, 15) is 0 Å². The lowest BCUT2D eigenvalue weighted by atomic mass is 10.1. The summed E-state index contributed by atoms with van der Waals surface area (Å²) in [5.74, 6) is 0.0525. The van der Waals surface area contributed by atoms with Crippen molar-refractivity contribution in [3.05, 3.63) is 41.3 Å². The van der Waals surface area contributed by atoms with Gasteiger partial charge in [0.1, 0.15) is 0 Å². The number of hydrogen-bond donors (Lipinski definition) is 3. The Morgan fingerprint density at radius 3 is 2.95 bits per heavy atom. The van der Waals surface area contributed by atoms with E-state index < -0.39 is 0 Å². The maximum Gasteiger partial charge on any atom is 0.185 e. The molecule has 0 amide bonds. The smallest absolute Gasteiger partial charge is 0.185 e. The topological polar surface area (TPSA) is 77.5 Å². The fourth-order valence-electron chi connectivity index (χ4n) is 2.82. The van der Waals surface area contributed by atoms with Crippen molar-refractivity contribution in [1.29, 1.82) is 5.41 Å². The molecule has 1 aromatic rings. The molecule has 2 heterocycles. The molecular weight excluding hydrogens is 294 g/mol. The molecule has 3 rings (SSSR count). The minimum atomic E-state index is 0.0525. The Morgan fingerprint density at radius 1 is 1.36 bits per heavy atom. The van der Waals surface area contributed by atoms with Gasteiger partial charge in [0, 0.05) is 12.0 Å². The van der Waals surface area contributed by atoms with Crippen molar-refractivity contribution in [3.63, 3.8) is 0 Å². The average molecular weight is 315 g/mol. The van der Waals surface area contributed by atoms with Crippen molar-refractivity contribution in [1.82, 2.24) is 10.2 Å². The SMILES string of the molecule is N=C(N)NCCCC[C@@H]1CN=C2SC=C(c3ccccc3)N21. The molecular formula is C16H21N5S. The van der Waals surface area contributed by atoms with Crippen molar-refractivity contribution < 1.29 is 0 Å². The first-order valence-electron chi connectivity index (χ1n) is 7.59. The van der Waals surface area contributed by atoms with Crippen molar-refractivity contribution in [2.45, 2.75) is 25.3 Å². The number of rotatable bonds is 6. The Hall–Kier alpha value is -1.95. The number of nitrogens with zero attached hydrogens (tertiary/aromatic N) is 2. The van der Waals surface area contributed by atoms with Crippen LogP contribution >= 0.6 is 11.8 Å². The van der Waals surface area contributed by atoms with Crippen LogP contribution in [0.1, 0.15) is 24.8 Å². The van der Waals surface area contributed by atoms with Crippen molar-refractivity contribution in [2.24, 2.45) is 10.7 Å². The van der Waals surface area contributed by atoms with E-state index in [1.54, 1.807) is 11.8 Å². The van der Waals surface area contributed by atoms with E-state index in [0.717, 1.165) is 37.5 Å². The number of thioether (sulfide) groups is 1. The number of nitrogens with two attached hydrogens (primary N) is 1. The van der Waals surface area contributed by atoms with Gasteiger partial charge in [-0.1, -0.05) is 42.1 Å². The summed E-state index contributed by atoms with van der Waals surface area (Å²) < 4.78 is 0. The monoisotopic (exact) mass is 315 g/mol. The van der Waals surface area contributed by atoms with Crippen LogP contribution in [0.25, 0.3) is 5.70 Å². The maximum atomic E-state index is 7.14. The standard InChI is InChI=1S/C16H21N5S/c17-15(18)19-9-5-4-8-13-10-20-16-21(13)14(11-22-16)12-6-2-1-3-7-12/h1-3,6-7,11,13H,4-5,8-10H2,(H4,17,18,19)/t13-/m1/s1. The largest absolute Gasteiger partial charge is 0.370 e. The Balaban J connectivity index is 1.56. The lowest BCUT2D eigenvalue weighted by molar-refractivity contribution is 0.420. The van der Waals surface area contributed by atoms with Crippen LogP contribution in [0.15, 0.2) is 40.7 Å². The number of benzene rings is 1. The summed E-state index contributed by atoms with van der Waals surface area (Å²) in [4.78, 5) is 7.05. The van der Waals surface area contributed by atoms with Crippen LogP contribution in [-0.2, 0) is 0 Å². The second-order valence-electron chi connectivity index (χ2n) is 5.47. The molecule has 0 radical (unpaired) electrons. The minimum Gasteiger partial charge on any atom is -0.370 e. The summed E-state index contributed by atoms with van der Waals surface area (Å²) in [6, 6.07) is 11.0. The van der Waals surface area contributed by atoms with Gasteiger partial charge in [0.05, 0.1) is 18.3 Å². The molecule has 0 aromatic heterocycles. The van der Waals surface area contributed by atoms with Gasteiger partial charge >= 0.3 is 0 Å². The number of hydrogen-bond acceptors (Lipinski definition) is 4. The third-order valence-electron chi connectivity index (χ3n) is 3.89. The number of nitrogens with one attached hydrogen (secondary N) is 2. The van der Waals surface area contributed by atoms with Gasteiger partial charge in [0.15, 0.2) is 11.1 Å². The van der Waals surface area contributed by atoms with Gasteiger partial charge in [0.2, 0.25) is 0 Å². The first kappa shape index (κ1) is 15.0. The number of fused-ring (bicyclic) bond motifs is 1. The molecule has 0 saturated heterocycles. The van der Waals surface area contributed by atoms with E-state index in [-0.39, 0.29) is 5.96 Å². The molecule has 0 fully saturated rings. The molecule has 2 aliphatic rings. The fourth-order valence-corrected chi connectivity index (χ4v) is 3.80. The lowest BCUT2D eigenvalue weighted by Gasteiger charge is -2.26. The van der Waals surface area contributed by atoms with Crippen molar-refractivity contribution in [3.8, 4) is 0 Å². The van der Waals surface area contributed by atoms with E-state index in [4.69, 9.17) is 11.1 Å². The third kappa shape index (κ3) is 3.27. The molecule has 1 atom stereocenters. The van der Waals surface area contributed by atoms with E-state index in [1.165, 1.54) is 11.3 Å². The van der Waals surface area contributed by atoms with E-state index in [2.05, 4.69) is 44.9 Å². The Morgan fingerprint density at radius 2 is 2.18 bits per heavy atom. The number of unbranched alkanes of at least 4 members (excludes halogenated alkanes) is 1. The van der Waals surface area contributed by atoms with Crippen LogP contribution in [0.2, 0.25) is 0 Å². The third-order valence-corrected chi connectivity index (χ3v) is 4.77. The van der Waals surface area contributed by atoms with Crippen LogP contribution in [0.4, 0.5) is 0 Å². The molecule has 116 valence electrons. The van der Waals surface area contributed by atoms with Crippen LogP contribution in [0, 0.1) is 5.41 Å². The van der Waals surface area contributed by atoms with Gasteiger partial charge in [-0.15, -0.1) is 0 Å². The number of guanidine groups is 1. The zero-order valence-corrected chi connectivity index (χ0v) is 13.3. The number of aliphatic imine (C=N–C) groups is 1. The number of amidine groups is 1. The maximum absolute atomic E-state index is 7.14. The Bertz CT molecular complexity index is 596. The van der Waals surface area contributed by atoms with Gasteiger partial charge in [-0.05, 0) is 24.8 Å². The summed E-state index contributed by atoms with van der Waals surface area (Å²) in [6.07, 6.45) is 3.24. The first-order chi connectivity index (χ1) is 10.8. The van der Waals surface area contributed by atoms with Gasteiger partial charge in [-0.25, -0.2) is 0 Å². The Kier molecular flexibility index (Phi) is 4.68. The van der Waals surface area contributed by atoms with E-state index in [1.807, 2.05) is 6.07 Å². The second kappa shape index (κ2) is 6.87. The quantitative estimate of drug-likeness (QED) is 0.428. The zero-order valence-electron chi connectivity index (χ0n) is 12.5. The van der Waals surface area contributed by atoms with E-state index >= 15 is 0 Å². The van der Waals surface area contributed by atoms with E-state index in [0.29, 0.717) is 6.04 Å². The van der Waals surface area contributed by atoms with Crippen LogP contribution in [0.5, 0.6) is 0 Å².